The van der Waals surface area contributed by atoms with Crippen molar-refractivity contribution in [2.24, 2.45) is 0 Å². The first-order valence-corrected chi connectivity index (χ1v) is 7.26. The summed E-state index contributed by atoms with van der Waals surface area (Å²) in [6.07, 6.45) is 0. The van der Waals surface area contributed by atoms with Crippen LogP contribution in [0.5, 0.6) is 0 Å². The van der Waals surface area contributed by atoms with E-state index < -0.39 is 0 Å². The molecule has 0 radical (unpaired) electrons. The van der Waals surface area contributed by atoms with Crippen LogP contribution in [0.4, 0.5) is 11.4 Å². The minimum atomic E-state index is -0.331. The smallest absolute Gasteiger partial charge is 0.255 e. The lowest BCUT2D eigenvalue weighted by Gasteiger charge is -2.11. The summed E-state index contributed by atoms with van der Waals surface area (Å²) in [5, 5.41) is 6.24. The Morgan fingerprint density at radius 3 is 2.18 bits per heavy atom. The molecule has 0 saturated heterocycles. The Kier molecular flexibility index (Phi) is 5.06. The van der Waals surface area contributed by atoms with E-state index in [-0.39, 0.29) is 11.8 Å². The molecule has 0 bridgehead atoms. The van der Waals surface area contributed by atoms with Crippen LogP contribution in [0.3, 0.4) is 0 Å². The van der Waals surface area contributed by atoms with Crippen molar-refractivity contribution in [2.45, 2.75) is 13.8 Å². The van der Waals surface area contributed by atoms with E-state index in [0.717, 1.165) is 5.56 Å². The number of nitrogens with one attached hydrogen (secondary N) is 2. The molecule has 114 valence electrons. The van der Waals surface area contributed by atoms with Gasteiger partial charge in [0.2, 0.25) is 5.91 Å². The van der Waals surface area contributed by atoms with Crippen LogP contribution in [-0.4, -0.2) is 11.8 Å². The standard InChI is InChI=1S/C16H14Cl2N2O2/c1-9-3-4-14(8-15(9)19-10(2)21)20-16(22)11-5-12(17)7-13(18)6-11/h3-8H,1-2H3,(H,19,21)(H,20,22). The number of carbonyl (C=O) groups excluding carboxylic acids is 2. The maximum Gasteiger partial charge on any atom is 0.255 e. The highest BCUT2D eigenvalue weighted by atomic mass is 35.5. The van der Waals surface area contributed by atoms with Gasteiger partial charge in [0.1, 0.15) is 0 Å². The van der Waals surface area contributed by atoms with Crippen LogP contribution in [0.15, 0.2) is 36.4 Å². The summed E-state index contributed by atoms with van der Waals surface area (Å²) >= 11 is 11.8. The second kappa shape index (κ2) is 6.81. The molecule has 4 nitrogen and oxygen atoms in total. The third kappa shape index (κ3) is 4.23. The van der Waals surface area contributed by atoms with E-state index in [9.17, 15) is 9.59 Å². The van der Waals surface area contributed by atoms with Gasteiger partial charge in [0, 0.05) is 33.9 Å². The zero-order chi connectivity index (χ0) is 16.3. The van der Waals surface area contributed by atoms with Crippen molar-refractivity contribution in [3.05, 3.63) is 57.6 Å². The minimum absolute atomic E-state index is 0.173. The van der Waals surface area contributed by atoms with Gasteiger partial charge in [0.15, 0.2) is 0 Å². The fraction of sp³-hybridized carbons (Fsp3) is 0.125. The second-order valence-corrected chi connectivity index (χ2v) is 5.70. The first-order chi connectivity index (χ1) is 10.3. The maximum atomic E-state index is 12.2. The molecule has 2 amide bonds. The van der Waals surface area contributed by atoms with Crippen molar-refractivity contribution in [3.63, 3.8) is 0 Å². The Balaban J connectivity index is 2.22. The molecular weight excluding hydrogens is 323 g/mol. The average molecular weight is 337 g/mol. The van der Waals surface area contributed by atoms with Crippen LogP contribution < -0.4 is 10.6 Å². The molecule has 0 aromatic heterocycles. The van der Waals surface area contributed by atoms with E-state index in [4.69, 9.17) is 23.2 Å². The fourth-order valence-corrected chi connectivity index (χ4v) is 2.44. The van der Waals surface area contributed by atoms with Gasteiger partial charge < -0.3 is 10.6 Å². The van der Waals surface area contributed by atoms with E-state index in [2.05, 4.69) is 10.6 Å². The van der Waals surface area contributed by atoms with Gasteiger partial charge in [0.05, 0.1) is 0 Å². The first-order valence-electron chi connectivity index (χ1n) is 6.51. The lowest BCUT2D eigenvalue weighted by Crippen LogP contribution is -2.13. The van der Waals surface area contributed by atoms with Gasteiger partial charge >= 0.3 is 0 Å². The normalized spacial score (nSPS) is 10.2. The summed E-state index contributed by atoms with van der Waals surface area (Å²) in [6.45, 7) is 3.30. The zero-order valence-corrected chi connectivity index (χ0v) is 13.5. The average Bonchev–Trinajstić information content (AvgIpc) is 2.41. The number of amides is 2. The molecule has 0 atom stereocenters. The van der Waals surface area contributed by atoms with Crippen molar-refractivity contribution in [1.29, 1.82) is 0 Å². The van der Waals surface area contributed by atoms with Gasteiger partial charge in [-0.15, -0.1) is 0 Å². The van der Waals surface area contributed by atoms with Crippen molar-refractivity contribution in [1.82, 2.24) is 0 Å². The Bertz CT molecular complexity index is 725. The van der Waals surface area contributed by atoms with Crippen LogP contribution in [0, 0.1) is 6.92 Å². The monoisotopic (exact) mass is 336 g/mol. The molecule has 0 fully saturated rings. The fourth-order valence-electron chi connectivity index (χ4n) is 1.91. The Labute approximate surface area is 138 Å². The molecule has 0 heterocycles. The van der Waals surface area contributed by atoms with Crippen molar-refractivity contribution < 1.29 is 9.59 Å². The molecule has 2 N–H and O–H groups in total. The van der Waals surface area contributed by atoms with Crippen molar-refractivity contribution in [2.75, 3.05) is 10.6 Å². The Morgan fingerprint density at radius 1 is 0.955 bits per heavy atom. The predicted molar refractivity (Wildman–Crippen MR) is 89.9 cm³/mol. The molecule has 0 saturated carbocycles. The van der Waals surface area contributed by atoms with Gasteiger partial charge in [-0.25, -0.2) is 0 Å². The molecule has 2 aromatic rings. The molecular formula is C16H14Cl2N2O2. The number of hydrogen-bond acceptors (Lipinski definition) is 2. The second-order valence-electron chi connectivity index (χ2n) is 4.82. The summed E-state index contributed by atoms with van der Waals surface area (Å²) in [4.78, 5) is 23.4. The summed E-state index contributed by atoms with van der Waals surface area (Å²) in [5.41, 5.74) is 2.48. The van der Waals surface area contributed by atoms with Crippen LogP contribution in [0.1, 0.15) is 22.8 Å². The number of rotatable bonds is 3. The number of anilines is 2. The quantitative estimate of drug-likeness (QED) is 0.866. The van der Waals surface area contributed by atoms with Gasteiger partial charge in [-0.3, -0.25) is 9.59 Å². The van der Waals surface area contributed by atoms with Crippen LogP contribution in [-0.2, 0) is 4.79 Å². The highest BCUT2D eigenvalue weighted by molar-refractivity contribution is 6.35. The lowest BCUT2D eigenvalue weighted by atomic mass is 10.1. The van der Waals surface area contributed by atoms with E-state index >= 15 is 0 Å². The number of hydrogen-bond donors (Lipinski definition) is 2. The molecule has 2 aromatic carbocycles. The summed E-state index contributed by atoms with van der Waals surface area (Å²) in [7, 11) is 0. The predicted octanol–water partition coefficient (Wildman–Crippen LogP) is 4.51. The van der Waals surface area contributed by atoms with Crippen LogP contribution >= 0.6 is 23.2 Å². The van der Waals surface area contributed by atoms with Crippen LogP contribution in [0.25, 0.3) is 0 Å². The molecule has 0 spiro atoms. The molecule has 0 aliphatic carbocycles. The number of benzene rings is 2. The van der Waals surface area contributed by atoms with Gasteiger partial charge in [-0.1, -0.05) is 29.3 Å². The third-order valence-corrected chi connectivity index (χ3v) is 3.37. The molecule has 0 aliphatic heterocycles. The van der Waals surface area contributed by atoms with E-state index in [1.165, 1.54) is 19.1 Å². The first kappa shape index (κ1) is 16.3. The van der Waals surface area contributed by atoms with Crippen LogP contribution in [0.2, 0.25) is 10.0 Å². The summed E-state index contributed by atoms with van der Waals surface area (Å²) in [6, 6.07) is 9.88. The SMILES string of the molecule is CC(=O)Nc1cc(NC(=O)c2cc(Cl)cc(Cl)c2)ccc1C. The summed E-state index contributed by atoms with van der Waals surface area (Å²) < 4.78 is 0. The summed E-state index contributed by atoms with van der Waals surface area (Å²) in [5.74, 6) is -0.504. The van der Waals surface area contributed by atoms with Crippen molar-refractivity contribution >= 4 is 46.4 Å². The molecule has 0 unspecified atom stereocenters. The number of halogens is 2. The number of aryl methyl sites for hydroxylation is 1. The molecule has 2 rings (SSSR count). The maximum absolute atomic E-state index is 12.2. The van der Waals surface area contributed by atoms with Gasteiger partial charge in [-0.05, 0) is 42.8 Å². The van der Waals surface area contributed by atoms with E-state index in [1.54, 1.807) is 18.2 Å². The largest absolute Gasteiger partial charge is 0.326 e. The van der Waals surface area contributed by atoms with Gasteiger partial charge in [-0.2, -0.15) is 0 Å². The van der Waals surface area contributed by atoms with Crippen molar-refractivity contribution in [3.8, 4) is 0 Å². The Morgan fingerprint density at radius 2 is 1.59 bits per heavy atom. The lowest BCUT2D eigenvalue weighted by molar-refractivity contribution is -0.114. The molecule has 22 heavy (non-hydrogen) atoms. The molecule has 6 heteroatoms. The molecule has 0 aliphatic rings. The third-order valence-electron chi connectivity index (χ3n) is 2.93. The van der Waals surface area contributed by atoms with E-state index in [0.29, 0.717) is 27.0 Å². The zero-order valence-electron chi connectivity index (χ0n) is 12.0. The highest BCUT2D eigenvalue weighted by Gasteiger charge is 2.10. The number of carbonyl (C=O) groups is 2. The topological polar surface area (TPSA) is 58.2 Å². The van der Waals surface area contributed by atoms with Gasteiger partial charge in [0.25, 0.3) is 5.91 Å². The highest BCUT2D eigenvalue weighted by Crippen LogP contribution is 2.23. The van der Waals surface area contributed by atoms with E-state index in [1.807, 2.05) is 13.0 Å². The Hall–Kier alpha value is -2.04. The minimum Gasteiger partial charge on any atom is -0.326 e.